The lowest BCUT2D eigenvalue weighted by atomic mass is 9.92. The van der Waals surface area contributed by atoms with Gasteiger partial charge in [0.2, 0.25) is 5.95 Å². The summed E-state index contributed by atoms with van der Waals surface area (Å²) in [6.07, 6.45) is 0. The van der Waals surface area contributed by atoms with E-state index in [-0.39, 0.29) is 5.56 Å². The Morgan fingerprint density at radius 1 is 1.06 bits per heavy atom. The van der Waals surface area contributed by atoms with Crippen molar-refractivity contribution < 1.29 is 14.2 Å². The molecule has 0 aliphatic carbocycles. The number of hydrogen-bond acceptors (Lipinski definition) is 9. The van der Waals surface area contributed by atoms with Crippen molar-refractivity contribution in [1.82, 2.24) is 30.4 Å². The fourth-order valence-electron chi connectivity index (χ4n) is 3.96. The van der Waals surface area contributed by atoms with Gasteiger partial charge in [0.25, 0.3) is 5.56 Å². The van der Waals surface area contributed by atoms with Gasteiger partial charge in [-0.1, -0.05) is 17.2 Å². The Morgan fingerprint density at radius 2 is 1.85 bits per heavy atom. The first-order valence-electron chi connectivity index (χ1n) is 10.3. The van der Waals surface area contributed by atoms with Gasteiger partial charge in [-0.2, -0.15) is 9.78 Å². The van der Waals surface area contributed by atoms with Gasteiger partial charge >= 0.3 is 0 Å². The Morgan fingerprint density at radius 3 is 2.58 bits per heavy atom. The molecule has 11 nitrogen and oxygen atoms in total. The third-order valence-electron chi connectivity index (χ3n) is 5.43. The molecule has 0 unspecified atom stereocenters. The molecule has 1 atom stereocenters. The highest BCUT2D eigenvalue weighted by Gasteiger charge is 2.34. The molecule has 33 heavy (non-hydrogen) atoms. The third kappa shape index (κ3) is 3.43. The number of nitrogens with one attached hydrogen (secondary N) is 2. The summed E-state index contributed by atoms with van der Waals surface area (Å²) >= 11 is 0. The second-order valence-corrected chi connectivity index (χ2v) is 7.24. The average Bonchev–Trinajstić information content (AvgIpc) is 3.32. The fraction of sp³-hybridized carbons (Fsp3) is 0.227. The van der Waals surface area contributed by atoms with E-state index in [9.17, 15) is 4.79 Å². The molecule has 0 radical (unpaired) electrons. The van der Waals surface area contributed by atoms with E-state index < -0.39 is 6.04 Å². The van der Waals surface area contributed by atoms with E-state index in [1.54, 1.807) is 25.0 Å². The molecule has 4 aromatic rings. The molecule has 0 saturated heterocycles. The van der Waals surface area contributed by atoms with E-state index >= 15 is 0 Å². The fourth-order valence-corrected chi connectivity index (χ4v) is 3.96. The van der Waals surface area contributed by atoms with Gasteiger partial charge in [0.15, 0.2) is 11.5 Å². The number of methoxy groups -OCH3 is 2. The van der Waals surface area contributed by atoms with Crippen molar-refractivity contribution in [2.45, 2.75) is 13.0 Å². The number of hydrogen-bond donors (Lipinski definition) is 2. The Bertz CT molecular complexity index is 1360. The summed E-state index contributed by atoms with van der Waals surface area (Å²) in [5.41, 5.74) is 2.74. The first-order valence-corrected chi connectivity index (χ1v) is 10.3. The van der Waals surface area contributed by atoms with Crippen LogP contribution in [0.15, 0.2) is 47.3 Å². The highest BCUT2D eigenvalue weighted by molar-refractivity contribution is 5.76. The molecule has 0 fully saturated rings. The minimum Gasteiger partial charge on any atom is -0.494 e. The number of rotatable bonds is 6. The van der Waals surface area contributed by atoms with Crippen LogP contribution in [0.1, 0.15) is 24.1 Å². The van der Waals surface area contributed by atoms with Gasteiger partial charge in [-0.25, -0.2) is 5.10 Å². The average molecular weight is 447 g/mol. The SMILES string of the molecule is CCOc1ccc([C@@H]2c3c(-c4ccc(OC)c(OC)c4)n[nH]c(=O)c3Nc3nnnn32)cc1. The Labute approximate surface area is 188 Å². The van der Waals surface area contributed by atoms with E-state index in [0.29, 0.717) is 41.0 Å². The lowest BCUT2D eigenvalue weighted by Gasteiger charge is -2.28. The van der Waals surface area contributed by atoms with Crippen molar-refractivity contribution in [3.63, 3.8) is 0 Å². The zero-order valence-corrected chi connectivity index (χ0v) is 18.2. The van der Waals surface area contributed by atoms with E-state index in [2.05, 4.69) is 31.0 Å². The first kappa shape index (κ1) is 20.5. The predicted molar refractivity (Wildman–Crippen MR) is 119 cm³/mol. The molecule has 11 heteroatoms. The zero-order valence-electron chi connectivity index (χ0n) is 18.2. The van der Waals surface area contributed by atoms with Crippen LogP contribution in [0.3, 0.4) is 0 Å². The Hall–Kier alpha value is -4.41. The van der Waals surface area contributed by atoms with Gasteiger partial charge in [-0.05, 0) is 53.2 Å². The van der Waals surface area contributed by atoms with E-state index in [0.717, 1.165) is 16.9 Å². The summed E-state index contributed by atoms with van der Waals surface area (Å²) in [7, 11) is 3.14. The number of aromatic nitrogens is 6. The summed E-state index contributed by atoms with van der Waals surface area (Å²) in [5, 5.41) is 22.0. The molecule has 0 spiro atoms. The number of fused-ring (bicyclic) bond motifs is 2. The lowest BCUT2D eigenvalue weighted by molar-refractivity contribution is 0.340. The number of tetrazole rings is 1. The first-order chi connectivity index (χ1) is 16.1. The molecule has 0 amide bonds. The number of anilines is 2. The Balaban J connectivity index is 1.73. The van der Waals surface area contributed by atoms with E-state index in [1.807, 2.05) is 43.3 Å². The van der Waals surface area contributed by atoms with Crippen molar-refractivity contribution in [3.05, 3.63) is 63.9 Å². The second-order valence-electron chi connectivity index (χ2n) is 7.24. The highest BCUT2D eigenvalue weighted by atomic mass is 16.5. The van der Waals surface area contributed by atoms with Crippen molar-refractivity contribution in [1.29, 1.82) is 0 Å². The number of aromatic amines is 1. The smallest absolute Gasteiger partial charge is 0.288 e. The number of H-pyrrole nitrogens is 1. The topological polar surface area (TPSA) is 129 Å². The standard InChI is InChI=1S/C22H21N7O4/c1-4-33-14-8-5-12(6-9-14)20-17-18(13-7-10-15(31-2)16(11-13)32-3)24-25-21(30)19(17)23-22-26-27-28-29(20)22/h5-11,20H,4H2,1-3H3,(H,25,30)(H,23,26,28)/t20-/m1/s1. The number of ether oxygens (including phenoxy) is 3. The molecule has 2 aromatic heterocycles. The van der Waals surface area contributed by atoms with Gasteiger partial charge in [0.05, 0.1) is 26.5 Å². The second kappa shape index (κ2) is 8.26. The summed E-state index contributed by atoms with van der Waals surface area (Å²) in [5.74, 6) is 2.23. The summed E-state index contributed by atoms with van der Waals surface area (Å²) < 4.78 is 18.0. The largest absolute Gasteiger partial charge is 0.494 e. The van der Waals surface area contributed by atoms with Crippen LogP contribution in [0, 0.1) is 0 Å². The van der Waals surface area contributed by atoms with E-state index in [4.69, 9.17) is 14.2 Å². The van der Waals surface area contributed by atoms with Crippen LogP contribution in [0.5, 0.6) is 17.2 Å². The predicted octanol–water partition coefficient (Wildman–Crippen LogP) is 2.53. The van der Waals surface area contributed by atoms with Crippen molar-refractivity contribution in [2.75, 3.05) is 26.1 Å². The molecule has 168 valence electrons. The Kier molecular flexibility index (Phi) is 5.13. The van der Waals surface area contributed by atoms with Gasteiger partial charge in [0.1, 0.15) is 17.5 Å². The number of nitrogens with zero attached hydrogens (tertiary/aromatic N) is 5. The molecule has 0 bridgehead atoms. The van der Waals surface area contributed by atoms with Crippen LogP contribution in [-0.4, -0.2) is 51.2 Å². The van der Waals surface area contributed by atoms with Crippen LogP contribution < -0.4 is 25.1 Å². The molecule has 0 saturated carbocycles. The van der Waals surface area contributed by atoms with Crippen LogP contribution in [0.25, 0.3) is 11.3 Å². The summed E-state index contributed by atoms with van der Waals surface area (Å²) in [4.78, 5) is 12.8. The highest BCUT2D eigenvalue weighted by Crippen LogP contribution is 2.42. The molecule has 2 N–H and O–H groups in total. The normalized spacial score (nSPS) is 14.1. The molecular formula is C22H21N7O4. The van der Waals surface area contributed by atoms with Gasteiger partial charge in [-0.3, -0.25) is 4.79 Å². The maximum atomic E-state index is 12.8. The van der Waals surface area contributed by atoms with Crippen LogP contribution in [0.2, 0.25) is 0 Å². The summed E-state index contributed by atoms with van der Waals surface area (Å²) in [6.45, 7) is 2.49. The van der Waals surface area contributed by atoms with Crippen LogP contribution in [-0.2, 0) is 0 Å². The third-order valence-corrected chi connectivity index (χ3v) is 5.43. The summed E-state index contributed by atoms with van der Waals surface area (Å²) in [6, 6.07) is 12.6. The minimum atomic E-state index is -0.500. The molecule has 5 rings (SSSR count). The lowest BCUT2D eigenvalue weighted by Crippen LogP contribution is -2.29. The van der Waals surface area contributed by atoms with Crippen LogP contribution >= 0.6 is 0 Å². The molecule has 2 aromatic carbocycles. The van der Waals surface area contributed by atoms with Gasteiger partial charge in [0, 0.05) is 11.1 Å². The maximum absolute atomic E-state index is 12.8. The van der Waals surface area contributed by atoms with E-state index in [1.165, 1.54) is 0 Å². The maximum Gasteiger partial charge on any atom is 0.288 e. The van der Waals surface area contributed by atoms with Crippen molar-refractivity contribution in [3.8, 4) is 28.5 Å². The van der Waals surface area contributed by atoms with Crippen LogP contribution in [0.4, 0.5) is 11.6 Å². The molecule has 1 aliphatic rings. The minimum absolute atomic E-state index is 0.330. The van der Waals surface area contributed by atoms with Crippen molar-refractivity contribution in [2.24, 2.45) is 0 Å². The van der Waals surface area contributed by atoms with Gasteiger partial charge in [-0.15, -0.1) is 0 Å². The quantitative estimate of drug-likeness (QED) is 0.403. The zero-order chi connectivity index (χ0) is 22.9. The molecular weight excluding hydrogens is 426 g/mol. The molecule has 1 aliphatic heterocycles. The monoisotopic (exact) mass is 447 g/mol. The number of benzene rings is 2. The van der Waals surface area contributed by atoms with Gasteiger partial charge < -0.3 is 19.5 Å². The molecule has 3 heterocycles. The van der Waals surface area contributed by atoms with Crippen molar-refractivity contribution >= 4 is 11.6 Å².